The molecule has 0 spiro atoms. The maximum atomic E-state index is 13.6. The molecule has 174 valence electrons. The molecule has 1 N–H and O–H groups in total. The molecule has 1 unspecified atom stereocenters. The van der Waals surface area contributed by atoms with Crippen molar-refractivity contribution in [1.82, 2.24) is 10.1 Å². The average molecular weight is 441 g/mol. The number of esters is 1. The number of likely N-dealkylation sites (tertiary alicyclic amines) is 1. The fraction of sp³-hybridized carbons (Fsp3) is 0.615. The van der Waals surface area contributed by atoms with Gasteiger partial charge in [0, 0.05) is 12.0 Å². The molecule has 0 radical (unpaired) electrons. The number of hydrogen-bond donors (Lipinski definition) is 1. The van der Waals surface area contributed by atoms with Gasteiger partial charge in [-0.15, -0.1) is 0 Å². The molecule has 2 atom stereocenters. The van der Waals surface area contributed by atoms with Crippen molar-refractivity contribution in [2.75, 3.05) is 19.6 Å². The summed E-state index contributed by atoms with van der Waals surface area (Å²) in [6.45, 7) is 3.27. The molecule has 4 rings (SSSR count). The lowest BCUT2D eigenvalue weighted by Gasteiger charge is -2.37. The molecule has 1 saturated heterocycles. The van der Waals surface area contributed by atoms with Crippen molar-refractivity contribution in [3.63, 3.8) is 0 Å². The number of carbonyl (C=O) groups excluding carboxylic acids is 1. The maximum absolute atomic E-state index is 13.6. The van der Waals surface area contributed by atoms with Crippen molar-refractivity contribution in [1.29, 1.82) is 0 Å². The Kier molecular flexibility index (Phi) is 7.98. The third-order valence-electron chi connectivity index (χ3n) is 7.15. The summed E-state index contributed by atoms with van der Waals surface area (Å²) in [5.41, 5.74) is -0.420. The number of aromatic nitrogens is 1. The second-order valence-corrected chi connectivity index (χ2v) is 9.33. The Morgan fingerprint density at radius 3 is 2.50 bits per heavy atom. The number of ether oxygens (including phenoxy) is 1. The van der Waals surface area contributed by atoms with E-state index in [1.807, 2.05) is 30.3 Å². The molecule has 1 aliphatic carbocycles. The minimum Gasteiger partial charge on any atom is -0.453 e. The molecule has 2 aromatic rings. The van der Waals surface area contributed by atoms with Crippen LogP contribution in [0, 0.1) is 5.92 Å². The molecule has 6 heteroatoms. The van der Waals surface area contributed by atoms with Crippen molar-refractivity contribution in [3.05, 3.63) is 53.9 Å². The first-order chi connectivity index (χ1) is 15.7. The third kappa shape index (κ3) is 5.41. The second-order valence-electron chi connectivity index (χ2n) is 9.33. The van der Waals surface area contributed by atoms with Gasteiger partial charge in [-0.05, 0) is 63.7 Å². The Morgan fingerprint density at radius 1 is 1.09 bits per heavy atom. The molecular weight excluding hydrogens is 404 g/mol. The largest absolute Gasteiger partial charge is 0.453 e. The average Bonchev–Trinajstić information content (AvgIpc) is 3.39. The Bertz CT molecular complexity index is 814. The van der Waals surface area contributed by atoms with Crippen LogP contribution in [0.15, 0.2) is 47.2 Å². The summed E-state index contributed by atoms with van der Waals surface area (Å²) in [4.78, 5) is 16.1. The van der Waals surface area contributed by atoms with Gasteiger partial charge >= 0.3 is 5.97 Å². The predicted molar refractivity (Wildman–Crippen MR) is 122 cm³/mol. The van der Waals surface area contributed by atoms with Gasteiger partial charge in [-0.25, -0.2) is 4.79 Å². The Balaban J connectivity index is 1.49. The fourth-order valence-corrected chi connectivity index (χ4v) is 5.29. The molecule has 6 nitrogen and oxygen atoms in total. The van der Waals surface area contributed by atoms with Crippen LogP contribution >= 0.6 is 0 Å². The molecule has 1 aliphatic heterocycles. The van der Waals surface area contributed by atoms with Gasteiger partial charge in [0.25, 0.3) is 0 Å². The van der Waals surface area contributed by atoms with Crippen LogP contribution in [0.4, 0.5) is 0 Å². The SMILES string of the molecule is O=C(O[C@H](CCCN1CCCCC1)c1ccon1)C(O)(c1ccccc1)C1CCCCC1. The third-order valence-corrected chi connectivity index (χ3v) is 7.15. The molecule has 1 aromatic heterocycles. The van der Waals surface area contributed by atoms with Crippen molar-refractivity contribution >= 4 is 5.97 Å². The maximum Gasteiger partial charge on any atom is 0.343 e. The molecule has 32 heavy (non-hydrogen) atoms. The van der Waals surface area contributed by atoms with Crippen molar-refractivity contribution < 1.29 is 19.2 Å². The lowest BCUT2D eigenvalue weighted by Crippen LogP contribution is -2.45. The quantitative estimate of drug-likeness (QED) is 0.554. The van der Waals surface area contributed by atoms with Crippen molar-refractivity contribution in [3.8, 4) is 0 Å². The molecule has 0 bridgehead atoms. The van der Waals surface area contributed by atoms with Crippen LogP contribution in [0.1, 0.15) is 81.6 Å². The minimum absolute atomic E-state index is 0.141. The van der Waals surface area contributed by atoms with Crippen LogP contribution in [-0.2, 0) is 15.1 Å². The monoisotopic (exact) mass is 440 g/mol. The summed E-state index contributed by atoms with van der Waals surface area (Å²) in [5.74, 6) is -0.709. The summed E-state index contributed by atoms with van der Waals surface area (Å²) in [5, 5.41) is 15.9. The molecular formula is C26H36N2O4. The number of aliphatic hydroxyl groups is 1. The Labute approximate surface area is 190 Å². The lowest BCUT2D eigenvalue weighted by molar-refractivity contribution is -0.182. The van der Waals surface area contributed by atoms with Crippen LogP contribution in [0.25, 0.3) is 0 Å². The Hall–Kier alpha value is -2.18. The van der Waals surface area contributed by atoms with Crippen LogP contribution in [0.3, 0.4) is 0 Å². The van der Waals surface area contributed by atoms with Gasteiger partial charge < -0.3 is 19.3 Å². The summed E-state index contributed by atoms with van der Waals surface area (Å²) in [6.07, 6.45) is 11.2. The molecule has 0 amide bonds. The summed E-state index contributed by atoms with van der Waals surface area (Å²) >= 11 is 0. The summed E-state index contributed by atoms with van der Waals surface area (Å²) in [7, 11) is 0. The first-order valence-corrected chi connectivity index (χ1v) is 12.3. The predicted octanol–water partition coefficient (Wildman–Crippen LogP) is 4.99. The minimum atomic E-state index is -1.64. The van der Waals surface area contributed by atoms with Gasteiger partial charge in [0.05, 0.1) is 0 Å². The molecule has 2 fully saturated rings. The first kappa shape index (κ1) is 23.0. The number of rotatable bonds is 9. The highest BCUT2D eigenvalue weighted by Gasteiger charge is 2.48. The topological polar surface area (TPSA) is 75.8 Å². The zero-order valence-corrected chi connectivity index (χ0v) is 19.0. The highest BCUT2D eigenvalue weighted by atomic mass is 16.6. The standard InChI is InChI=1S/C26H36N2O4/c29-25(26(30,21-11-4-1-5-12-21)22-13-6-2-7-14-22)32-24(23-16-20-31-27-23)15-10-19-28-17-8-3-9-18-28/h1,4-5,11-12,16,20,22,24,30H,2-3,6-10,13-15,17-19H2/t24-,26?/m1/s1. The second kappa shape index (κ2) is 11.1. The van der Waals surface area contributed by atoms with Gasteiger partial charge in [-0.2, -0.15) is 0 Å². The van der Waals surface area contributed by atoms with E-state index >= 15 is 0 Å². The van der Waals surface area contributed by atoms with Gasteiger partial charge in [-0.3, -0.25) is 0 Å². The van der Waals surface area contributed by atoms with E-state index in [0.717, 1.165) is 58.2 Å². The lowest BCUT2D eigenvalue weighted by atomic mass is 9.73. The molecule has 2 heterocycles. The van der Waals surface area contributed by atoms with Crippen LogP contribution in [-0.4, -0.2) is 40.8 Å². The molecule has 1 aromatic carbocycles. The Morgan fingerprint density at radius 2 is 1.81 bits per heavy atom. The van der Waals surface area contributed by atoms with Crippen LogP contribution in [0.2, 0.25) is 0 Å². The van der Waals surface area contributed by atoms with E-state index in [1.165, 1.54) is 25.5 Å². The zero-order valence-electron chi connectivity index (χ0n) is 19.0. The zero-order chi connectivity index (χ0) is 22.2. The van der Waals surface area contributed by atoms with Gasteiger partial charge in [0.15, 0.2) is 5.60 Å². The van der Waals surface area contributed by atoms with E-state index in [0.29, 0.717) is 17.7 Å². The van der Waals surface area contributed by atoms with E-state index in [-0.39, 0.29) is 5.92 Å². The summed E-state index contributed by atoms with van der Waals surface area (Å²) < 4.78 is 11.1. The number of nitrogens with zero attached hydrogens (tertiary/aromatic N) is 2. The van der Waals surface area contributed by atoms with E-state index in [9.17, 15) is 9.90 Å². The van der Waals surface area contributed by atoms with Crippen LogP contribution < -0.4 is 0 Å². The number of carbonyl (C=O) groups is 1. The first-order valence-electron chi connectivity index (χ1n) is 12.3. The molecule has 1 saturated carbocycles. The van der Waals surface area contributed by atoms with Crippen LogP contribution in [0.5, 0.6) is 0 Å². The van der Waals surface area contributed by atoms with Crippen molar-refractivity contribution in [2.45, 2.75) is 75.9 Å². The van der Waals surface area contributed by atoms with Gasteiger partial charge in [0.2, 0.25) is 0 Å². The van der Waals surface area contributed by atoms with E-state index in [2.05, 4.69) is 10.1 Å². The fourth-order valence-electron chi connectivity index (χ4n) is 5.29. The normalized spacial score (nSPS) is 21.0. The number of piperidine rings is 1. The highest BCUT2D eigenvalue weighted by Crippen LogP contribution is 2.41. The van der Waals surface area contributed by atoms with Gasteiger partial charge in [0.1, 0.15) is 18.1 Å². The van der Waals surface area contributed by atoms with E-state index in [1.54, 1.807) is 6.07 Å². The number of hydrogen-bond acceptors (Lipinski definition) is 6. The summed E-state index contributed by atoms with van der Waals surface area (Å²) in [6, 6.07) is 11.0. The van der Waals surface area contributed by atoms with Crippen molar-refractivity contribution in [2.24, 2.45) is 5.92 Å². The smallest absolute Gasteiger partial charge is 0.343 e. The molecule has 2 aliphatic rings. The number of benzene rings is 1. The van der Waals surface area contributed by atoms with E-state index in [4.69, 9.17) is 9.26 Å². The van der Waals surface area contributed by atoms with Gasteiger partial charge in [-0.1, -0.05) is 61.2 Å². The van der Waals surface area contributed by atoms with E-state index < -0.39 is 17.7 Å². The highest BCUT2D eigenvalue weighted by molar-refractivity contribution is 5.81.